The molecule has 0 aliphatic carbocycles. The molecule has 2 aliphatic heterocycles. The molecule has 0 atom stereocenters. The van der Waals surface area contributed by atoms with E-state index in [1.165, 1.54) is 22.3 Å². The van der Waals surface area contributed by atoms with Crippen LogP contribution in [0.3, 0.4) is 0 Å². The Bertz CT molecular complexity index is 3040. The summed E-state index contributed by atoms with van der Waals surface area (Å²) in [6.45, 7) is 15.5. The Hall–Kier alpha value is -6.91. The van der Waals surface area contributed by atoms with E-state index in [4.69, 9.17) is 4.42 Å². The summed E-state index contributed by atoms with van der Waals surface area (Å²) in [5.41, 5.74) is 16.3. The normalized spacial score (nSPS) is 15.3. The van der Waals surface area contributed by atoms with Crippen LogP contribution in [-0.4, -0.2) is 0 Å². The topological polar surface area (TPSA) is 36.7 Å². The third-order valence-electron chi connectivity index (χ3n) is 12.6. The van der Waals surface area contributed by atoms with E-state index in [0.717, 1.165) is 56.4 Å². The van der Waals surface area contributed by atoms with Crippen LogP contribution < -0.4 is 15.2 Å². The Morgan fingerprint density at radius 3 is 1.38 bits per heavy atom. The Kier molecular flexibility index (Phi) is 8.00. The highest BCUT2D eigenvalue weighted by Gasteiger charge is 2.38. The number of para-hydroxylation sites is 5. The number of benzene rings is 7. The summed E-state index contributed by atoms with van der Waals surface area (Å²) >= 11 is 0. The quantitative estimate of drug-likeness (QED) is 0.164. The van der Waals surface area contributed by atoms with E-state index in [9.17, 15) is 4.79 Å². The van der Waals surface area contributed by atoms with Gasteiger partial charge >= 0.3 is 0 Å². The highest BCUT2D eigenvalue weighted by Crippen LogP contribution is 2.54. The van der Waals surface area contributed by atoms with Gasteiger partial charge in [0.15, 0.2) is 0 Å². The summed E-state index contributed by atoms with van der Waals surface area (Å²) in [6, 6.07) is 54.9. The number of fused-ring (bicyclic) bond motifs is 5. The van der Waals surface area contributed by atoms with Gasteiger partial charge in [-0.05, 0) is 94.9 Å². The number of allylic oxidation sites excluding steroid dienone is 3. The number of nitrogens with zero attached hydrogens (tertiary/aromatic N) is 2. The van der Waals surface area contributed by atoms with Gasteiger partial charge in [-0.2, -0.15) is 0 Å². The molecule has 2 aliphatic rings. The summed E-state index contributed by atoms with van der Waals surface area (Å²) in [5, 5.41) is 1.10. The lowest BCUT2D eigenvalue weighted by Gasteiger charge is -2.42. The maximum absolute atomic E-state index is 14.7. The Labute approximate surface area is 339 Å². The second-order valence-electron chi connectivity index (χ2n) is 16.6. The maximum Gasteiger partial charge on any atom is 0.200 e. The average Bonchev–Trinajstić information content (AvgIpc) is 3.24. The van der Waals surface area contributed by atoms with Gasteiger partial charge in [-0.1, -0.05) is 143 Å². The van der Waals surface area contributed by atoms with Crippen molar-refractivity contribution in [2.75, 3.05) is 9.80 Å². The SMILES string of the molecule is C=CC1=C(C)N(c2ccccc2-c2ccc3oc4ccc(-c5ccccc5N5c6ccccc6C(C)(C)c6ccccc65)cc4c(=O)c3c2)c2ccccc2C1(C)C. The van der Waals surface area contributed by atoms with Crippen molar-refractivity contribution < 1.29 is 4.42 Å². The molecule has 0 spiro atoms. The zero-order chi connectivity index (χ0) is 39.9. The third kappa shape index (κ3) is 5.18. The van der Waals surface area contributed by atoms with E-state index in [1.807, 2.05) is 30.3 Å². The zero-order valence-corrected chi connectivity index (χ0v) is 33.5. The van der Waals surface area contributed by atoms with Crippen LogP contribution >= 0.6 is 0 Å². The first-order valence-electron chi connectivity index (χ1n) is 20.0. The first-order chi connectivity index (χ1) is 28.1. The molecule has 4 heteroatoms. The molecule has 8 aromatic rings. The molecular formula is C54H44N2O2. The summed E-state index contributed by atoms with van der Waals surface area (Å²) in [6.07, 6.45) is 1.99. The highest BCUT2D eigenvalue weighted by atomic mass is 16.3. The van der Waals surface area contributed by atoms with Crippen molar-refractivity contribution in [2.45, 2.75) is 45.4 Å². The molecule has 0 unspecified atom stereocenters. The predicted octanol–water partition coefficient (Wildman–Crippen LogP) is 14.3. The van der Waals surface area contributed by atoms with Gasteiger partial charge in [0.2, 0.25) is 5.43 Å². The van der Waals surface area contributed by atoms with Crippen LogP contribution in [-0.2, 0) is 10.8 Å². The van der Waals surface area contributed by atoms with Gasteiger partial charge in [0.1, 0.15) is 11.2 Å². The molecule has 0 N–H and O–H groups in total. The fraction of sp³-hybridized carbons (Fsp3) is 0.130. The molecule has 4 nitrogen and oxygen atoms in total. The van der Waals surface area contributed by atoms with Crippen LogP contribution in [0.1, 0.15) is 51.3 Å². The molecule has 0 amide bonds. The number of anilines is 5. The Morgan fingerprint density at radius 1 is 0.500 bits per heavy atom. The van der Waals surface area contributed by atoms with Gasteiger partial charge in [-0.3, -0.25) is 4.79 Å². The van der Waals surface area contributed by atoms with E-state index in [2.05, 4.69) is 184 Å². The average molecular weight is 753 g/mol. The molecular weight excluding hydrogens is 709 g/mol. The van der Waals surface area contributed by atoms with Crippen LogP contribution in [0.15, 0.2) is 191 Å². The van der Waals surface area contributed by atoms with Gasteiger partial charge in [0.25, 0.3) is 0 Å². The van der Waals surface area contributed by atoms with Crippen molar-refractivity contribution >= 4 is 50.4 Å². The highest BCUT2D eigenvalue weighted by molar-refractivity contribution is 5.98. The third-order valence-corrected chi connectivity index (χ3v) is 12.6. The monoisotopic (exact) mass is 752 g/mol. The summed E-state index contributed by atoms with van der Waals surface area (Å²) < 4.78 is 6.49. The fourth-order valence-electron chi connectivity index (χ4n) is 9.75. The standard InChI is InChI=1S/C54H44N2O2/c1-7-41-34(2)55(47-25-15-10-20-42(47)53(41,3)4)45-23-13-8-18-37(45)35-28-30-50-39(32-35)52(57)40-33-36(29-31-51(40)58-50)38-19-9-14-24-46(38)56-48-26-16-11-21-43(48)54(5,6)44-22-12-17-27-49(44)56/h7-33H,1H2,2-6H3. The molecule has 0 saturated carbocycles. The summed E-state index contributed by atoms with van der Waals surface area (Å²) in [4.78, 5) is 19.4. The first kappa shape index (κ1) is 35.5. The Morgan fingerprint density at radius 2 is 0.897 bits per heavy atom. The number of rotatable bonds is 5. The minimum absolute atomic E-state index is 0.0552. The van der Waals surface area contributed by atoms with Gasteiger partial charge in [-0.25, -0.2) is 0 Å². The predicted molar refractivity (Wildman–Crippen MR) is 242 cm³/mol. The van der Waals surface area contributed by atoms with Gasteiger partial charge < -0.3 is 14.2 Å². The molecule has 7 aromatic carbocycles. The molecule has 0 saturated heterocycles. The molecule has 3 heterocycles. The summed E-state index contributed by atoms with van der Waals surface area (Å²) in [5.74, 6) is 0. The van der Waals surface area contributed by atoms with E-state index >= 15 is 0 Å². The minimum atomic E-state index is -0.199. The molecule has 10 rings (SSSR count). The van der Waals surface area contributed by atoms with Crippen molar-refractivity contribution in [3.05, 3.63) is 209 Å². The van der Waals surface area contributed by atoms with Crippen LogP contribution in [0, 0.1) is 0 Å². The van der Waals surface area contributed by atoms with Gasteiger partial charge in [-0.15, -0.1) is 0 Å². The molecule has 282 valence electrons. The van der Waals surface area contributed by atoms with Crippen LogP contribution in [0.2, 0.25) is 0 Å². The van der Waals surface area contributed by atoms with E-state index in [-0.39, 0.29) is 16.3 Å². The van der Waals surface area contributed by atoms with Crippen molar-refractivity contribution in [3.8, 4) is 22.3 Å². The first-order valence-corrected chi connectivity index (χ1v) is 20.0. The largest absolute Gasteiger partial charge is 0.456 e. The van der Waals surface area contributed by atoms with E-state index < -0.39 is 0 Å². The van der Waals surface area contributed by atoms with Crippen molar-refractivity contribution in [1.82, 2.24) is 0 Å². The van der Waals surface area contributed by atoms with Crippen LogP contribution in [0.5, 0.6) is 0 Å². The fourth-order valence-corrected chi connectivity index (χ4v) is 9.75. The van der Waals surface area contributed by atoms with Crippen LogP contribution in [0.25, 0.3) is 44.2 Å². The van der Waals surface area contributed by atoms with E-state index in [0.29, 0.717) is 21.9 Å². The smallest absolute Gasteiger partial charge is 0.200 e. The van der Waals surface area contributed by atoms with Gasteiger partial charge in [0, 0.05) is 33.3 Å². The molecule has 0 radical (unpaired) electrons. The van der Waals surface area contributed by atoms with Crippen molar-refractivity contribution in [2.24, 2.45) is 0 Å². The summed E-state index contributed by atoms with van der Waals surface area (Å²) in [7, 11) is 0. The second kappa shape index (κ2) is 13.1. The Balaban J connectivity index is 1.11. The number of hydrogen-bond acceptors (Lipinski definition) is 4. The molecule has 1 aromatic heterocycles. The molecule has 0 fully saturated rings. The molecule has 58 heavy (non-hydrogen) atoms. The van der Waals surface area contributed by atoms with Crippen LogP contribution in [0.4, 0.5) is 28.4 Å². The second-order valence-corrected chi connectivity index (χ2v) is 16.6. The van der Waals surface area contributed by atoms with Crippen molar-refractivity contribution in [3.63, 3.8) is 0 Å². The molecule has 0 bridgehead atoms. The lowest BCUT2D eigenvalue weighted by atomic mass is 9.73. The minimum Gasteiger partial charge on any atom is -0.456 e. The number of hydrogen-bond donors (Lipinski definition) is 0. The van der Waals surface area contributed by atoms with E-state index in [1.54, 1.807) is 0 Å². The van der Waals surface area contributed by atoms with Crippen molar-refractivity contribution in [1.29, 1.82) is 0 Å². The lowest BCUT2D eigenvalue weighted by molar-refractivity contribution is 0.618. The lowest BCUT2D eigenvalue weighted by Crippen LogP contribution is -2.33. The maximum atomic E-state index is 14.7. The zero-order valence-electron chi connectivity index (χ0n) is 33.5. The van der Waals surface area contributed by atoms with Gasteiger partial charge in [0.05, 0.1) is 33.5 Å².